The number of hydrogen-bond donors (Lipinski definition) is 2. The quantitative estimate of drug-likeness (QED) is 0.781. The van der Waals surface area contributed by atoms with Crippen LogP contribution >= 0.6 is 0 Å². The third kappa shape index (κ3) is 3.72. The molecule has 0 radical (unpaired) electrons. The Morgan fingerprint density at radius 3 is 2.59 bits per heavy atom. The molecular formula is C22H24N2O3. The van der Waals surface area contributed by atoms with E-state index in [1.807, 2.05) is 25.1 Å². The van der Waals surface area contributed by atoms with Gasteiger partial charge in [-0.15, -0.1) is 0 Å². The molecule has 0 fully saturated rings. The molecule has 1 aliphatic heterocycles. The van der Waals surface area contributed by atoms with Crippen LogP contribution in [0.1, 0.15) is 48.9 Å². The van der Waals surface area contributed by atoms with Gasteiger partial charge in [0.15, 0.2) is 0 Å². The van der Waals surface area contributed by atoms with E-state index in [1.54, 1.807) is 19.2 Å². The van der Waals surface area contributed by atoms with Crippen LogP contribution in [-0.4, -0.2) is 18.9 Å². The van der Waals surface area contributed by atoms with Crippen molar-refractivity contribution in [1.82, 2.24) is 0 Å². The molecular weight excluding hydrogens is 340 g/mol. The zero-order valence-corrected chi connectivity index (χ0v) is 16.3. The van der Waals surface area contributed by atoms with Gasteiger partial charge in [0.2, 0.25) is 5.91 Å². The van der Waals surface area contributed by atoms with E-state index in [0.717, 1.165) is 28.0 Å². The number of carbonyl (C=O) groups excluding carboxylic acids is 2. The number of anilines is 2. The number of ether oxygens (including phenoxy) is 1. The molecule has 0 spiro atoms. The van der Waals surface area contributed by atoms with E-state index in [2.05, 4.69) is 30.5 Å². The summed E-state index contributed by atoms with van der Waals surface area (Å²) in [6, 6.07) is 9.52. The number of rotatable bonds is 4. The minimum Gasteiger partial charge on any atom is -0.496 e. The first-order chi connectivity index (χ1) is 12.8. The SMILES string of the molecule is COc1cc(C)c(/C=C2\C(=O)Nc3cc(NC(C)=O)ccc32)cc1C(C)C. The molecule has 2 N–H and O–H groups in total. The van der Waals surface area contributed by atoms with Crippen molar-refractivity contribution in [3.05, 3.63) is 52.6 Å². The Kier molecular flexibility index (Phi) is 5.04. The van der Waals surface area contributed by atoms with Crippen LogP contribution in [0.3, 0.4) is 0 Å². The number of carbonyl (C=O) groups is 2. The Balaban J connectivity index is 2.05. The highest BCUT2D eigenvalue weighted by Gasteiger charge is 2.25. The maximum absolute atomic E-state index is 12.5. The third-order valence-corrected chi connectivity index (χ3v) is 4.66. The molecule has 27 heavy (non-hydrogen) atoms. The summed E-state index contributed by atoms with van der Waals surface area (Å²) < 4.78 is 5.50. The first kappa shape index (κ1) is 18.7. The Morgan fingerprint density at radius 1 is 1.22 bits per heavy atom. The smallest absolute Gasteiger partial charge is 0.256 e. The van der Waals surface area contributed by atoms with Crippen LogP contribution in [-0.2, 0) is 9.59 Å². The van der Waals surface area contributed by atoms with Crippen LogP contribution in [0.4, 0.5) is 11.4 Å². The third-order valence-electron chi connectivity index (χ3n) is 4.66. The first-order valence-electron chi connectivity index (χ1n) is 8.93. The maximum atomic E-state index is 12.5. The molecule has 0 atom stereocenters. The molecule has 0 unspecified atom stereocenters. The molecule has 1 aliphatic rings. The summed E-state index contributed by atoms with van der Waals surface area (Å²) in [6.45, 7) is 7.69. The zero-order valence-electron chi connectivity index (χ0n) is 16.3. The summed E-state index contributed by atoms with van der Waals surface area (Å²) in [7, 11) is 1.67. The fourth-order valence-electron chi connectivity index (χ4n) is 3.27. The topological polar surface area (TPSA) is 67.4 Å². The number of nitrogens with one attached hydrogen (secondary N) is 2. The second-order valence-corrected chi connectivity index (χ2v) is 7.06. The van der Waals surface area contributed by atoms with Gasteiger partial charge in [-0.3, -0.25) is 9.59 Å². The van der Waals surface area contributed by atoms with Crippen LogP contribution in [0.25, 0.3) is 11.6 Å². The molecule has 5 heteroatoms. The van der Waals surface area contributed by atoms with Gasteiger partial charge in [-0.2, -0.15) is 0 Å². The highest BCUT2D eigenvalue weighted by atomic mass is 16.5. The minimum absolute atomic E-state index is 0.147. The lowest BCUT2D eigenvalue weighted by Gasteiger charge is -2.15. The number of aryl methyl sites for hydroxylation is 1. The van der Waals surface area contributed by atoms with Crippen molar-refractivity contribution in [3.8, 4) is 5.75 Å². The molecule has 0 saturated carbocycles. The van der Waals surface area contributed by atoms with Crippen LogP contribution in [0, 0.1) is 6.92 Å². The van der Waals surface area contributed by atoms with Crippen molar-refractivity contribution in [2.75, 3.05) is 17.7 Å². The van der Waals surface area contributed by atoms with E-state index >= 15 is 0 Å². The molecule has 0 saturated heterocycles. The van der Waals surface area contributed by atoms with Gasteiger partial charge in [-0.1, -0.05) is 19.9 Å². The van der Waals surface area contributed by atoms with Gasteiger partial charge in [-0.05, 0) is 59.9 Å². The summed E-state index contributed by atoms with van der Waals surface area (Å²) in [5, 5.41) is 5.61. The molecule has 0 aliphatic carbocycles. The van der Waals surface area contributed by atoms with Gasteiger partial charge in [0.25, 0.3) is 5.91 Å². The molecule has 140 valence electrons. The predicted octanol–water partition coefficient (Wildman–Crippen LogP) is 4.58. The second kappa shape index (κ2) is 7.27. The molecule has 3 rings (SSSR count). The van der Waals surface area contributed by atoms with Gasteiger partial charge < -0.3 is 15.4 Å². The normalized spacial score (nSPS) is 14.3. The molecule has 0 aromatic heterocycles. The Labute approximate surface area is 159 Å². The average Bonchev–Trinajstić information content (AvgIpc) is 2.90. The molecule has 2 aromatic carbocycles. The number of benzene rings is 2. The fraction of sp³-hybridized carbons (Fsp3) is 0.273. The van der Waals surface area contributed by atoms with Crippen LogP contribution < -0.4 is 15.4 Å². The number of hydrogen-bond acceptors (Lipinski definition) is 3. The van der Waals surface area contributed by atoms with Gasteiger partial charge in [0.1, 0.15) is 5.75 Å². The van der Waals surface area contributed by atoms with Gasteiger partial charge >= 0.3 is 0 Å². The van der Waals surface area contributed by atoms with Gasteiger partial charge in [0, 0.05) is 23.7 Å². The van der Waals surface area contributed by atoms with Crippen molar-refractivity contribution >= 4 is 34.8 Å². The second-order valence-electron chi connectivity index (χ2n) is 7.06. The van der Waals surface area contributed by atoms with E-state index < -0.39 is 0 Å². The van der Waals surface area contributed by atoms with E-state index in [9.17, 15) is 9.59 Å². The highest BCUT2D eigenvalue weighted by Crippen LogP contribution is 2.37. The van der Waals surface area contributed by atoms with E-state index in [1.165, 1.54) is 6.92 Å². The Morgan fingerprint density at radius 2 is 1.96 bits per heavy atom. The van der Waals surface area contributed by atoms with E-state index in [-0.39, 0.29) is 11.8 Å². The average molecular weight is 364 g/mol. The lowest BCUT2D eigenvalue weighted by molar-refractivity contribution is -0.114. The predicted molar refractivity (Wildman–Crippen MR) is 109 cm³/mol. The number of fused-ring (bicyclic) bond motifs is 1. The maximum Gasteiger partial charge on any atom is 0.256 e. The first-order valence-corrected chi connectivity index (χ1v) is 8.93. The largest absolute Gasteiger partial charge is 0.496 e. The summed E-state index contributed by atoms with van der Waals surface area (Å²) in [4.78, 5) is 23.8. The summed E-state index contributed by atoms with van der Waals surface area (Å²) in [6.07, 6.45) is 1.92. The summed E-state index contributed by atoms with van der Waals surface area (Å²) in [5.74, 6) is 0.875. The molecule has 5 nitrogen and oxygen atoms in total. The summed E-state index contributed by atoms with van der Waals surface area (Å²) >= 11 is 0. The van der Waals surface area contributed by atoms with Crippen LogP contribution in [0.5, 0.6) is 5.75 Å². The van der Waals surface area contributed by atoms with Crippen LogP contribution in [0.2, 0.25) is 0 Å². The highest BCUT2D eigenvalue weighted by molar-refractivity contribution is 6.35. The monoisotopic (exact) mass is 364 g/mol. The summed E-state index contributed by atoms with van der Waals surface area (Å²) in [5.41, 5.74) is 5.94. The molecule has 0 bridgehead atoms. The van der Waals surface area contributed by atoms with Crippen molar-refractivity contribution in [2.24, 2.45) is 0 Å². The number of methoxy groups -OCH3 is 1. The Hall–Kier alpha value is -3.08. The zero-order chi connectivity index (χ0) is 19.7. The van der Waals surface area contributed by atoms with Crippen LogP contribution in [0.15, 0.2) is 30.3 Å². The minimum atomic E-state index is -0.148. The molecule has 2 aromatic rings. The standard InChI is InChI=1S/C22H24N2O3/c1-12(2)18-9-15(13(3)8-21(18)27-5)10-19-17-7-6-16(23-14(4)25)11-20(17)24-22(19)26/h6-12H,1-5H3,(H,23,25)(H,24,26)/b19-10-. The van der Waals surface area contributed by atoms with E-state index in [0.29, 0.717) is 22.9 Å². The van der Waals surface area contributed by atoms with E-state index in [4.69, 9.17) is 4.74 Å². The van der Waals surface area contributed by atoms with Gasteiger partial charge in [-0.25, -0.2) is 0 Å². The van der Waals surface area contributed by atoms with Crippen molar-refractivity contribution in [3.63, 3.8) is 0 Å². The fourth-order valence-corrected chi connectivity index (χ4v) is 3.27. The molecule has 2 amide bonds. The van der Waals surface area contributed by atoms with Crippen molar-refractivity contribution < 1.29 is 14.3 Å². The Bertz CT molecular complexity index is 958. The van der Waals surface area contributed by atoms with Gasteiger partial charge in [0.05, 0.1) is 12.8 Å². The lowest BCUT2D eigenvalue weighted by Crippen LogP contribution is -2.06. The van der Waals surface area contributed by atoms with Crippen molar-refractivity contribution in [2.45, 2.75) is 33.6 Å². The number of amides is 2. The van der Waals surface area contributed by atoms with Crippen molar-refractivity contribution in [1.29, 1.82) is 0 Å². The molecule has 1 heterocycles. The lowest BCUT2D eigenvalue weighted by atomic mass is 9.94.